The Morgan fingerprint density at radius 2 is 1.87 bits per heavy atom. The molecule has 1 heterocycles. The van der Waals surface area contributed by atoms with Crippen LogP contribution in [0.2, 0.25) is 0 Å². The van der Waals surface area contributed by atoms with E-state index in [9.17, 15) is 8.42 Å². The van der Waals surface area contributed by atoms with Crippen molar-refractivity contribution in [3.63, 3.8) is 0 Å². The molecule has 1 N–H and O–H groups in total. The molecule has 2 aromatic rings. The SMILES string of the molecule is CCCCc1ccc(S(=O)(=O)NCc2cn(CC)nc2C)cc1. The number of nitrogens with zero attached hydrogens (tertiary/aromatic N) is 2. The molecule has 1 aromatic heterocycles. The summed E-state index contributed by atoms with van der Waals surface area (Å²) < 4.78 is 29.2. The third-order valence-corrected chi connectivity index (χ3v) is 5.29. The van der Waals surface area contributed by atoms with Crippen molar-refractivity contribution in [3.8, 4) is 0 Å². The van der Waals surface area contributed by atoms with Crippen molar-refractivity contribution in [2.24, 2.45) is 0 Å². The van der Waals surface area contributed by atoms with Gasteiger partial charge in [-0.15, -0.1) is 0 Å². The Balaban J connectivity index is 2.04. The van der Waals surface area contributed by atoms with Gasteiger partial charge >= 0.3 is 0 Å². The third-order valence-electron chi connectivity index (χ3n) is 3.88. The number of aromatic nitrogens is 2. The van der Waals surface area contributed by atoms with Crippen molar-refractivity contribution >= 4 is 10.0 Å². The second-order valence-electron chi connectivity index (χ2n) is 5.67. The zero-order chi connectivity index (χ0) is 16.9. The normalized spacial score (nSPS) is 11.8. The molecule has 0 fully saturated rings. The maximum atomic E-state index is 12.4. The molecule has 0 spiro atoms. The molecule has 0 unspecified atom stereocenters. The van der Waals surface area contributed by atoms with Crippen molar-refractivity contribution in [1.29, 1.82) is 0 Å². The van der Waals surface area contributed by atoms with Crippen LogP contribution in [-0.2, 0) is 29.5 Å². The van der Waals surface area contributed by atoms with E-state index in [0.717, 1.165) is 37.1 Å². The first kappa shape index (κ1) is 17.7. The van der Waals surface area contributed by atoms with Crippen LogP contribution >= 0.6 is 0 Å². The van der Waals surface area contributed by atoms with Gasteiger partial charge in [0.05, 0.1) is 10.6 Å². The molecule has 0 bridgehead atoms. The van der Waals surface area contributed by atoms with Crippen molar-refractivity contribution < 1.29 is 8.42 Å². The molecule has 0 saturated heterocycles. The molecule has 1 aromatic carbocycles. The average molecular weight is 335 g/mol. The van der Waals surface area contributed by atoms with E-state index in [1.54, 1.807) is 12.1 Å². The molecule has 2 rings (SSSR count). The molecule has 0 aliphatic rings. The molecule has 6 heteroatoms. The zero-order valence-electron chi connectivity index (χ0n) is 14.0. The van der Waals surface area contributed by atoms with Crippen LogP contribution in [0.3, 0.4) is 0 Å². The lowest BCUT2D eigenvalue weighted by Crippen LogP contribution is -2.23. The summed E-state index contributed by atoms with van der Waals surface area (Å²) in [6, 6.07) is 7.14. The highest BCUT2D eigenvalue weighted by atomic mass is 32.2. The van der Waals surface area contributed by atoms with Gasteiger partial charge < -0.3 is 0 Å². The van der Waals surface area contributed by atoms with Gasteiger partial charge in [0, 0.05) is 24.8 Å². The van der Waals surface area contributed by atoms with Gasteiger partial charge in [-0.2, -0.15) is 5.10 Å². The van der Waals surface area contributed by atoms with E-state index in [4.69, 9.17) is 0 Å². The van der Waals surface area contributed by atoms with E-state index >= 15 is 0 Å². The summed E-state index contributed by atoms with van der Waals surface area (Å²) in [4.78, 5) is 0.304. The predicted molar refractivity (Wildman–Crippen MR) is 91.7 cm³/mol. The first-order chi connectivity index (χ1) is 11.0. The van der Waals surface area contributed by atoms with Gasteiger partial charge in [-0.05, 0) is 44.4 Å². The van der Waals surface area contributed by atoms with Gasteiger partial charge in [-0.1, -0.05) is 25.5 Å². The molecule has 0 saturated carbocycles. The molecule has 5 nitrogen and oxygen atoms in total. The number of unbranched alkanes of at least 4 members (excludes halogenated alkanes) is 1. The Morgan fingerprint density at radius 1 is 1.17 bits per heavy atom. The fourth-order valence-electron chi connectivity index (χ4n) is 2.37. The largest absolute Gasteiger partial charge is 0.272 e. The van der Waals surface area contributed by atoms with Gasteiger partial charge in [0.25, 0.3) is 0 Å². The lowest BCUT2D eigenvalue weighted by Gasteiger charge is -2.07. The number of benzene rings is 1. The van der Waals surface area contributed by atoms with Crippen LogP contribution in [0.25, 0.3) is 0 Å². The van der Waals surface area contributed by atoms with Crippen LogP contribution in [-0.4, -0.2) is 18.2 Å². The Morgan fingerprint density at radius 3 is 2.43 bits per heavy atom. The standard InChI is InChI=1S/C17H25N3O2S/c1-4-6-7-15-8-10-17(11-9-15)23(21,22)18-12-16-13-20(5-2)19-14(16)3/h8-11,13,18H,4-7,12H2,1-3H3. The number of sulfonamides is 1. The van der Waals surface area contributed by atoms with Crippen LogP contribution < -0.4 is 4.72 Å². The Labute approximate surface area is 138 Å². The Kier molecular flexibility index (Phi) is 5.96. The number of nitrogens with one attached hydrogen (secondary N) is 1. The minimum Gasteiger partial charge on any atom is -0.272 e. The predicted octanol–water partition coefficient (Wildman–Crippen LogP) is 3.03. The topological polar surface area (TPSA) is 64.0 Å². The maximum absolute atomic E-state index is 12.4. The molecular formula is C17H25N3O2S. The minimum atomic E-state index is -3.50. The minimum absolute atomic E-state index is 0.256. The summed E-state index contributed by atoms with van der Waals surface area (Å²) >= 11 is 0. The fraction of sp³-hybridized carbons (Fsp3) is 0.471. The monoisotopic (exact) mass is 335 g/mol. The number of hydrogen-bond donors (Lipinski definition) is 1. The molecule has 0 atom stereocenters. The second kappa shape index (κ2) is 7.75. The van der Waals surface area contributed by atoms with Gasteiger partial charge in [-0.25, -0.2) is 13.1 Å². The van der Waals surface area contributed by atoms with Crippen LogP contribution in [0.15, 0.2) is 35.4 Å². The zero-order valence-corrected chi connectivity index (χ0v) is 14.9. The summed E-state index contributed by atoms with van der Waals surface area (Å²) in [6.07, 6.45) is 5.11. The smallest absolute Gasteiger partial charge is 0.240 e. The summed E-state index contributed by atoms with van der Waals surface area (Å²) in [5, 5.41) is 4.32. The van der Waals surface area contributed by atoms with E-state index < -0.39 is 10.0 Å². The van der Waals surface area contributed by atoms with Crippen LogP contribution in [0, 0.1) is 6.92 Å². The lowest BCUT2D eigenvalue weighted by atomic mass is 10.1. The van der Waals surface area contributed by atoms with E-state index in [2.05, 4.69) is 16.7 Å². The van der Waals surface area contributed by atoms with Crippen LogP contribution in [0.4, 0.5) is 0 Å². The molecule has 23 heavy (non-hydrogen) atoms. The molecule has 126 valence electrons. The number of aryl methyl sites for hydroxylation is 3. The van der Waals surface area contributed by atoms with Crippen LogP contribution in [0.5, 0.6) is 0 Å². The summed E-state index contributed by atoms with van der Waals surface area (Å²) in [6.45, 7) is 7.06. The van der Waals surface area contributed by atoms with Gasteiger partial charge in [-0.3, -0.25) is 4.68 Å². The van der Waals surface area contributed by atoms with E-state index in [1.807, 2.05) is 36.9 Å². The highest BCUT2D eigenvalue weighted by Gasteiger charge is 2.15. The molecular weight excluding hydrogens is 310 g/mol. The van der Waals surface area contributed by atoms with Crippen molar-refractivity contribution in [2.45, 2.75) is 58.0 Å². The first-order valence-corrected chi connectivity index (χ1v) is 9.56. The van der Waals surface area contributed by atoms with E-state index in [0.29, 0.717) is 4.90 Å². The number of hydrogen-bond acceptors (Lipinski definition) is 3. The summed E-state index contributed by atoms with van der Waals surface area (Å²) in [7, 11) is -3.50. The number of rotatable bonds is 8. The third kappa shape index (κ3) is 4.65. The van der Waals surface area contributed by atoms with Crippen molar-refractivity contribution in [3.05, 3.63) is 47.3 Å². The first-order valence-electron chi connectivity index (χ1n) is 8.07. The highest BCUT2D eigenvalue weighted by molar-refractivity contribution is 7.89. The van der Waals surface area contributed by atoms with Gasteiger partial charge in [0.1, 0.15) is 0 Å². The summed E-state index contributed by atoms with van der Waals surface area (Å²) in [5.41, 5.74) is 2.92. The Bertz CT molecular complexity index is 734. The lowest BCUT2D eigenvalue weighted by molar-refractivity contribution is 0.581. The van der Waals surface area contributed by atoms with Crippen molar-refractivity contribution in [2.75, 3.05) is 0 Å². The van der Waals surface area contributed by atoms with E-state index in [-0.39, 0.29) is 6.54 Å². The average Bonchev–Trinajstić information content (AvgIpc) is 2.92. The van der Waals surface area contributed by atoms with E-state index in [1.165, 1.54) is 5.56 Å². The second-order valence-corrected chi connectivity index (χ2v) is 7.43. The fourth-order valence-corrected chi connectivity index (χ4v) is 3.37. The highest BCUT2D eigenvalue weighted by Crippen LogP contribution is 2.14. The van der Waals surface area contributed by atoms with Gasteiger partial charge in [0.2, 0.25) is 10.0 Å². The molecule has 0 radical (unpaired) electrons. The molecule has 0 aliphatic carbocycles. The van der Waals surface area contributed by atoms with Crippen molar-refractivity contribution in [1.82, 2.24) is 14.5 Å². The Hall–Kier alpha value is -1.66. The van der Waals surface area contributed by atoms with Crippen LogP contribution in [0.1, 0.15) is 43.5 Å². The maximum Gasteiger partial charge on any atom is 0.240 e. The van der Waals surface area contributed by atoms with Gasteiger partial charge in [0.15, 0.2) is 0 Å². The molecule has 0 amide bonds. The quantitative estimate of drug-likeness (QED) is 0.806. The molecule has 0 aliphatic heterocycles. The summed E-state index contributed by atoms with van der Waals surface area (Å²) in [5.74, 6) is 0.